The number of hydrogen-bond acceptors (Lipinski definition) is 5. The van der Waals surface area contributed by atoms with Crippen LogP contribution in [0.4, 0.5) is 4.79 Å². The number of fused-ring (bicyclic) bond motifs is 5. The minimum absolute atomic E-state index is 0.0922. The zero-order valence-electron chi connectivity index (χ0n) is 11.1. The first-order valence-corrected chi connectivity index (χ1v) is 8.55. The molecule has 0 aromatic heterocycles. The lowest BCUT2D eigenvalue weighted by Gasteiger charge is -2.39. The van der Waals surface area contributed by atoms with Gasteiger partial charge in [-0.25, -0.2) is 4.79 Å². The van der Waals surface area contributed by atoms with E-state index in [1.807, 2.05) is 4.90 Å². The van der Waals surface area contributed by atoms with E-state index in [9.17, 15) is 13.2 Å². The van der Waals surface area contributed by atoms with Crippen LogP contribution in [0.15, 0.2) is 0 Å². The van der Waals surface area contributed by atoms with E-state index >= 15 is 0 Å². The highest BCUT2D eigenvalue weighted by Crippen LogP contribution is 2.58. The average molecular weight is 289 g/mol. The first-order chi connectivity index (χ1) is 8.90. The van der Waals surface area contributed by atoms with Gasteiger partial charge in [0.1, 0.15) is 0 Å². The minimum atomic E-state index is -3.43. The summed E-state index contributed by atoms with van der Waals surface area (Å²) in [7, 11) is -3.43. The molecule has 0 N–H and O–H groups in total. The van der Waals surface area contributed by atoms with E-state index in [0.29, 0.717) is 31.3 Å². The van der Waals surface area contributed by atoms with Crippen molar-refractivity contribution in [2.24, 2.45) is 11.8 Å². The van der Waals surface area contributed by atoms with Crippen molar-refractivity contribution < 1.29 is 22.1 Å². The lowest BCUT2D eigenvalue weighted by molar-refractivity contribution is 0.0233. The first kappa shape index (κ1) is 13.2. The Labute approximate surface area is 113 Å². The molecule has 0 radical (unpaired) electrons. The Kier molecular flexibility index (Phi) is 3.01. The Morgan fingerprint density at radius 3 is 2.26 bits per heavy atom. The normalized spacial score (nSPS) is 39.9. The Bertz CT molecular complexity index is 472. The van der Waals surface area contributed by atoms with Gasteiger partial charge in [-0.1, -0.05) is 0 Å². The highest BCUT2D eigenvalue weighted by atomic mass is 32.2. The topological polar surface area (TPSA) is 72.9 Å². The fourth-order valence-electron chi connectivity index (χ4n) is 3.79. The van der Waals surface area contributed by atoms with Crippen molar-refractivity contribution in [2.45, 2.75) is 44.4 Å². The van der Waals surface area contributed by atoms with Crippen molar-refractivity contribution in [2.75, 3.05) is 12.9 Å². The molecule has 2 saturated heterocycles. The van der Waals surface area contributed by atoms with Crippen LogP contribution in [0.1, 0.15) is 26.2 Å². The number of ether oxygens (including phenoxy) is 1. The van der Waals surface area contributed by atoms with Crippen molar-refractivity contribution in [3.05, 3.63) is 0 Å². The van der Waals surface area contributed by atoms with Gasteiger partial charge in [-0.2, -0.15) is 8.42 Å². The minimum Gasteiger partial charge on any atom is -0.450 e. The SMILES string of the molecule is CCOC(=O)N1C2CC(OS(C)(=O)=O)CC1[C@@H]1CC21. The van der Waals surface area contributed by atoms with Gasteiger partial charge in [0.05, 0.1) is 19.0 Å². The number of carbonyl (C=O) groups is 1. The van der Waals surface area contributed by atoms with Gasteiger partial charge < -0.3 is 9.64 Å². The van der Waals surface area contributed by atoms with Gasteiger partial charge in [0.2, 0.25) is 0 Å². The predicted molar refractivity (Wildman–Crippen MR) is 67.0 cm³/mol. The number of amides is 1. The molecular weight excluding hydrogens is 270 g/mol. The summed E-state index contributed by atoms with van der Waals surface area (Å²) >= 11 is 0. The summed E-state index contributed by atoms with van der Waals surface area (Å²) in [5, 5.41) is 0. The Hall–Kier alpha value is -0.820. The quantitative estimate of drug-likeness (QED) is 0.724. The Balaban J connectivity index is 1.72. The van der Waals surface area contributed by atoms with Crippen molar-refractivity contribution in [3.63, 3.8) is 0 Å². The molecule has 19 heavy (non-hydrogen) atoms. The van der Waals surface area contributed by atoms with Crippen LogP contribution < -0.4 is 0 Å². The molecule has 0 aromatic carbocycles. The molecule has 1 aliphatic carbocycles. The summed E-state index contributed by atoms with van der Waals surface area (Å²) in [4.78, 5) is 13.8. The standard InChI is InChI=1S/C12H19NO5S/c1-3-17-12(14)13-10-4-7(18-19(2,15)16)5-11(13)9-6-8(9)10/h7-11H,3-6H2,1-2H3/t7?,8-,9?,10?,11?/m1/s1. The molecule has 2 bridgehead atoms. The lowest BCUT2D eigenvalue weighted by atomic mass is 9.96. The zero-order chi connectivity index (χ0) is 13.8. The van der Waals surface area contributed by atoms with Crippen LogP contribution in [0.5, 0.6) is 0 Å². The second-order valence-electron chi connectivity index (χ2n) is 5.70. The van der Waals surface area contributed by atoms with Gasteiger partial charge in [0.15, 0.2) is 0 Å². The highest BCUT2D eigenvalue weighted by molar-refractivity contribution is 7.86. The highest BCUT2D eigenvalue weighted by Gasteiger charge is 2.63. The van der Waals surface area contributed by atoms with Crippen LogP contribution in [0.3, 0.4) is 0 Å². The average Bonchev–Trinajstić information content (AvgIpc) is 3.01. The zero-order valence-corrected chi connectivity index (χ0v) is 11.9. The van der Waals surface area contributed by atoms with Crippen LogP contribution in [0.25, 0.3) is 0 Å². The fourth-order valence-corrected chi connectivity index (χ4v) is 4.44. The van der Waals surface area contributed by atoms with E-state index in [0.717, 1.165) is 12.7 Å². The summed E-state index contributed by atoms with van der Waals surface area (Å²) in [6.45, 7) is 2.16. The second-order valence-corrected chi connectivity index (χ2v) is 7.30. The molecule has 5 atom stereocenters. The van der Waals surface area contributed by atoms with Crippen LogP contribution in [-0.2, 0) is 19.0 Å². The molecule has 3 fully saturated rings. The summed E-state index contributed by atoms with van der Waals surface area (Å²) in [6.07, 6.45) is 2.88. The van der Waals surface area contributed by atoms with E-state index in [-0.39, 0.29) is 24.3 Å². The Morgan fingerprint density at radius 1 is 1.21 bits per heavy atom. The van der Waals surface area contributed by atoms with Crippen LogP contribution in [-0.4, -0.2) is 50.5 Å². The van der Waals surface area contributed by atoms with Crippen molar-refractivity contribution in [3.8, 4) is 0 Å². The van der Waals surface area contributed by atoms with Crippen molar-refractivity contribution >= 4 is 16.2 Å². The maximum absolute atomic E-state index is 12.0. The van der Waals surface area contributed by atoms with Crippen LogP contribution >= 0.6 is 0 Å². The maximum Gasteiger partial charge on any atom is 0.410 e. The number of hydrogen-bond donors (Lipinski definition) is 0. The molecule has 6 nitrogen and oxygen atoms in total. The first-order valence-electron chi connectivity index (χ1n) is 6.74. The Morgan fingerprint density at radius 2 is 1.79 bits per heavy atom. The van der Waals surface area contributed by atoms with Gasteiger partial charge in [0, 0.05) is 12.1 Å². The molecule has 2 aliphatic heterocycles. The molecule has 0 aromatic rings. The second kappa shape index (κ2) is 4.34. The molecule has 3 aliphatic rings. The molecule has 1 saturated carbocycles. The molecular formula is C12H19NO5S. The van der Waals surface area contributed by atoms with Crippen molar-refractivity contribution in [1.29, 1.82) is 0 Å². The monoisotopic (exact) mass is 289 g/mol. The summed E-state index contributed by atoms with van der Waals surface area (Å²) in [5.41, 5.74) is 0. The smallest absolute Gasteiger partial charge is 0.410 e. The summed E-state index contributed by atoms with van der Waals surface area (Å²) in [5.74, 6) is 1.03. The van der Waals surface area contributed by atoms with Crippen molar-refractivity contribution in [1.82, 2.24) is 4.90 Å². The van der Waals surface area contributed by atoms with E-state index in [1.165, 1.54) is 0 Å². The number of nitrogens with zero attached hydrogens (tertiary/aromatic N) is 1. The van der Waals surface area contributed by atoms with Gasteiger partial charge in [-0.15, -0.1) is 0 Å². The predicted octanol–water partition coefficient (Wildman–Crippen LogP) is 0.970. The van der Waals surface area contributed by atoms with Gasteiger partial charge in [-0.05, 0) is 38.0 Å². The van der Waals surface area contributed by atoms with Gasteiger partial charge >= 0.3 is 6.09 Å². The van der Waals surface area contributed by atoms with Crippen LogP contribution in [0.2, 0.25) is 0 Å². The molecule has 7 heteroatoms. The van der Waals surface area contributed by atoms with E-state index in [4.69, 9.17) is 8.92 Å². The number of rotatable bonds is 3. The molecule has 1 amide bonds. The molecule has 2 heterocycles. The van der Waals surface area contributed by atoms with E-state index in [1.54, 1.807) is 6.92 Å². The molecule has 108 valence electrons. The summed E-state index contributed by atoms with van der Waals surface area (Å²) in [6, 6.07) is 0.184. The third kappa shape index (κ3) is 2.33. The third-order valence-electron chi connectivity index (χ3n) is 4.39. The fraction of sp³-hybridized carbons (Fsp3) is 0.917. The largest absolute Gasteiger partial charge is 0.450 e. The van der Waals surface area contributed by atoms with E-state index in [2.05, 4.69) is 0 Å². The summed E-state index contributed by atoms with van der Waals surface area (Å²) < 4.78 is 32.6. The van der Waals surface area contributed by atoms with Gasteiger partial charge in [0.25, 0.3) is 10.1 Å². The molecule has 3 rings (SSSR count). The number of carbonyl (C=O) groups excluding carboxylic acids is 1. The maximum atomic E-state index is 12.0. The van der Waals surface area contributed by atoms with E-state index < -0.39 is 10.1 Å². The van der Waals surface area contributed by atoms with Gasteiger partial charge in [-0.3, -0.25) is 4.18 Å². The van der Waals surface area contributed by atoms with Crippen LogP contribution in [0, 0.1) is 11.8 Å². The molecule has 0 spiro atoms. The third-order valence-corrected chi connectivity index (χ3v) is 5.01. The number of piperidine rings is 2. The lowest BCUT2D eigenvalue weighted by Crippen LogP contribution is -2.51. The molecule has 4 unspecified atom stereocenters.